The number of H-pyrrole nitrogens is 1. The number of carboxylic acid groups (broad SMARTS) is 1. The number of methoxy groups -OCH3 is 1. The number of hydrogen-bond donors (Lipinski definition) is 2. The molecule has 0 radical (unpaired) electrons. The molecule has 1 fully saturated rings. The smallest absolute Gasteiger partial charge is 0.309 e. The summed E-state index contributed by atoms with van der Waals surface area (Å²) in [7, 11) is 1.68. The normalized spacial score (nSPS) is 21.0. The Kier molecular flexibility index (Phi) is 5.24. The molecular weight excluding hydrogens is 435 g/mol. The van der Waals surface area contributed by atoms with Crippen LogP contribution in [0.25, 0.3) is 27.8 Å². The highest BCUT2D eigenvalue weighted by atomic mass is 19.1. The van der Waals surface area contributed by atoms with Crippen molar-refractivity contribution >= 4 is 28.0 Å². The van der Waals surface area contributed by atoms with Gasteiger partial charge in [0.15, 0.2) is 5.65 Å². The van der Waals surface area contributed by atoms with E-state index in [1.807, 2.05) is 13.0 Å². The van der Waals surface area contributed by atoms with Crippen LogP contribution in [0.15, 0.2) is 36.5 Å². The first kappa shape index (κ1) is 22.5. The summed E-state index contributed by atoms with van der Waals surface area (Å²) >= 11 is 0. The Morgan fingerprint density at radius 3 is 2.74 bits per heavy atom. The number of aromatic amines is 1. The molecule has 178 valence electrons. The van der Waals surface area contributed by atoms with Crippen molar-refractivity contribution in [2.24, 2.45) is 5.41 Å². The highest BCUT2D eigenvalue weighted by molar-refractivity contribution is 5.94. The lowest BCUT2D eigenvalue weighted by Gasteiger charge is -2.29. The number of aliphatic carboxylic acids is 1. The van der Waals surface area contributed by atoms with Gasteiger partial charge < -0.3 is 14.4 Å². The number of nitrogens with one attached hydrogen (secondary N) is 1. The zero-order valence-electron chi connectivity index (χ0n) is 19.9. The Morgan fingerprint density at radius 2 is 2.09 bits per heavy atom. The van der Waals surface area contributed by atoms with E-state index in [2.05, 4.69) is 28.6 Å². The fourth-order valence-corrected chi connectivity index (χ4v) is 5.61. The Labute approximate surface area is 196 Å². The van der Waals surface area contributed by atoms with Gasteiger partial charge in [0.2, 0.25) is 0 Å². The first-order valence-electron chi connectivity index (χ1n) is 11.5. The summed E-state index contributed by atoms with van der Waals surface area (Å²) in [4.78, 5) is 17.0. The molecule has 5 rings (SSSR count). The van der Waals surface area contributed by atoms with Gasteiger partial charge in [-0.3, -0.25) is 9.89 Å². The summed E-state index contributed by atoms with van der Waals surface area (Å²) < 4.78 is 21.6. The number of carboxylic acids is 1. The molecule has 1 aliphatic carbocycles. The molecule has 3 heterocycles. The summed E-state index contributed by atoms with van der Waals surface area (Å²) in [6.07, 6.45) is 3.63. The van der Waals surface area contributed by atoms with Crippen LogP contribution in [0, 0.1) is 11.2 Å². The first-order chi connectivity index (χ1) is 16.1. The number of pyridine rings is 1. The third kappa shape index (κ3) is 3.48. The van der Waals surface area contributed by atoms with Gasteiger partial charge in [0.05, 0.1) is 29.3 Å². The van der Waals surface area contributed by atoms with E-state index in [4.69, 9.17) is 9.72 Å². The molecule has 8 heteroatoms. The molecule has 1 saturated carbocycles. The highest BCUT2D eigenvalue weighted by Gasteiger charge is 2.45. The number of aromatic nitrogens is 4. The molecule has 0 aliphatic heterocycles. The molecule has 7 nitrogen and oxygen atoms in total. The van der Waals surface area contributed by atoms with Crippen molar-refractivity contribution in [2.45, 2.75) is 51.4 Å². The van der Waals surface area contributed by atoms with Crippen LogP contribution < -0.4 is 0 Å². The van der Waals surface area contributed by atoms with Gasteiger partial charge in [-0.25, -0.2) is 9.37 Å². The second-order valence-electron chi connectivity index (χ2n) is 10.4. The van der Waals surface area contributed by atoms with Crippen LogP contribution >= 0.6 is 0 Å². The number of ether oxygens (including phenoxy) is 1. The third-order valence-electron chi connectivity index (χ3n) is 7.28. The molecule has 3 aromatic heterocycles. The van der Waals surface area contributed by atoms with E-state index in [9.17, 15) is 14.3 Å². The third-order valence-corrected chi connectivity index (χ3v) is 7.28. The van der Waals surface area contributed by atoms with Crippen molar-refractivity contribution in [3.05, 3.63) is 53.6 Å². The minimum atomic E-state index is -0.782. The fraction of sp³-hybridized carbons (Fsp3) is 0.423. The average molecular weight is 465 g/mol. The number of nitrogens with zero attached hydrogens (tertiary/aromatic N) is 3. The maximum Gasteiger partial charge on any atom is 0.309 e. The number of rotatable bonds is 6. The monoisotopic (exact) mass is 464 g/mol. The van der Waals surface area contributed by atoms with Gasteiger partial charge in [0, 0.05) is 34.9 Å². The van der Waals surface area contributed by atoms with E-state index in [0.717, 1.165) is 39.8 Å². The van der Waals surface area contributed by atoms with Crippen molar-refractivity contribution in [3.63, 3.8) is 0 Å². The number of hydrogen-bond acceptors (Lipinski definition) is 4. The predicted molar refractivity (Wildman–Crippen MR) is 128 cm³/mol. The van der Waals surface area contributed by atoms with Crippen LogP contribution in [-0.2, 0) is 14.9 Å². The van der Waals surface area contributed by atoms with Crippen LogP contribution in [0.2, 0.25) is 0 Å². The Morgan fingerprint density at radius 1 is 1.35 bits per heavy atom. The largest absolute Gasteiger partial charge is 0.481 e. The first-order valence-corrected chi connectivity index (χ1v) is 11.5. The van der Waals surface area contributed by atoms with Crippen LogP contribution in [-0.4, -0.2) is 44.5 Å². The maximum absolute atomic E-state index is 13.8. The standard InChI is InChI=1S/C26H29FN4O3/c1-25(2,14-34-4)22-20(15-9-10-26(3,12-15)24(32)33)21-19(11-16-13-28-30-23(16)29-21)31(22)18-7-5-17(27)6-8-18/h5-8,11,13,15H,9-10,12,14H2,1-4H3,(H,32,33)(H,28,29,30)/t15-,26-/m1/s1. The summed E-state index contributed by atoms with van der Waals surface area (Å²) in [6, 6.07) is 8.48. The zero-order chi connectivity index (χ0) is 24.3. The van der Waals surface area contributed by atoms with Crippen LogP contribution in [0.5, 0.6) is 0 Å². The predicted octanol–water partition coefficient (Wildman–Crippen LogP) is 5.32. The molecule has 0 unspecified atom stereocenters. The number of carbonyl (C=O) groups is 1. The minimum absolute atomic E-state index is 0.0179. The number of benzene rings is 1. The van der Waals surface area contributed by atoms with Crippen molar-refractivity contribution < 1.29 is 19.0 Å². The van der Waals surface area contributed by atoms with Crippen LogP contribution in [0.3, 0.4) is 0 Å². The molecule has 0 bridgehead atoms. The Bertz CT molecular complexity index is 1390. The molecule has 2 atom stereocenters. The summed E-state index contributed by atoms with van der Waals surface area (Å²) in [6.45, 7) is 6.52. The maximum atomic E-state index is 13.8. The Hall–Kier alpha value is -3.26. The summed E-state index contributed by atoms with van der Waals surface area (Å²) in [5.74, 6) is -1.05. The SMILES string of the molecule is COCC(C)(C)c1c([C@@H]2CC[C@@](C)(C(=O)O)C2)c2nc3[nH]ncc3cc2n1-c1ccc(F)cc1. The zero-order valence-corrected chi connectivity index (χ0v) is 19.9. The lowest BCUT2D eigenvalue weighted by molar-refractivity contribution is -0.147. The molecule has 1 aromatic carbocycles. The van der Waals surface area contributed by atoms with Crippen molar-refractivity contribution in [1.82, 2.24) is 19.7 Å². The average Bonchev–Trinajstić information content (AvgIpc) is 3.48. The lowest BCUT2D eigenvalue weighted by Crippen LogP contribution is -2.29. The lowest BCUT2D eigenvalue weighted by atomic mass is 9.81. The summed E-state index contributed by atoms with van der Waals surface area (Å²) in [5.41, 5.74) is 4.06. The number of halogens is 1. The van der Waals surface area contributed by atoms with Gasteiger partial charge in [0.1, 0.15) is 5.82 Å². The van der Waals surface area contributed by atoms with Gasteiger partial charge in [-0.05, 0) is 62.4 Å². The minimum Gasteiger partial charge on any atom is -0.481 e. The molecular formula is C26H29FN4O3. The number of fused-ring (bicyclic) bond motifs is 2. The Balaban J connectivity index is 1.87. The van der Waals surface area contributed by atoms with Crippen LogP contribution in [0.1, 0.15) is 57.2 Å². The van der Waals surface area contributed by atoms with E-state index >= 15 is 0 Å². The quantitative estimate of drug-likeness (QED) is 0.403. The molecule has 0 spiro atoms. The molecule has 34 heavy (non-hydrogen) atoms. The van der Waals surface area contributed by atoms with E-state index in [0.29, 0.717) is 25.1 Å². The van der Waals surface area contributed by atoms with Gasteiger partial charge in [-0.1, -0.05) is 13.8 Å². The van der Waals surface area contributed by atoms with Gasteiger partial charge in [0.25, 0.3) is 0 Å². The second-order valence-corrected chi connectivity index (χ2v) is 10.4. The van der Waals surface area contributed by atoms with Gasteiger partial charge in [-0.2, -0.15) is 5.10 Å². The van der Waals surface area contributed by atoms with E-state index in [1.54, 1.807) is 25.4 Å². The van der Waals surface area contributed by atoms with E-state index in [1.165, 1.54) is 12.1 Å². The van der Waals surface area contributed by atoms with Crippen molar-refractivity contribution in [1.29, 1.82) is 0 Å². The van der Waals surface area contributed by atoms with Crippen molar-refractivity contribution in [3.8, 4) is 5.69 Å². The topological polar surface area (TPSA) is 93.0 Å². The molecule has 1 aliphatic rings. The van der Waals surface area contributed by atoms with Gasteiger partial charge >= 0.3 is 5.97 Å². The summed E-state index contributed by atoms with van der Waals surface area (Å²) in [5, 5.41) is 17.9. The molecule has 4 aromatic rings. The fourth-order valence-electron chi connectivity index (χ4n) is 5.61. The highest BCUT2D eigenvalue weighted by Crippen LogP contribution is 2.51. The van der Waals surface area contributed by atoms with E-state index < -0.39 is 16.8 Å². The van der Waals surface area contributed by atoms with Gasteiger partial charge in [-0.15, -0.1) is 0 Å². The van der Waals surface area contributed by atoms with Crippen molar-refractivity contribution in [2.75, 3.05) is 13.7 Å². The second kappa shape index (κ2) is 7.91. The van der Waals surface area contributed by atoms with E-state index in [-0.39, 0.29) is 11.7 Å². The molecule has 0 saturated heterocycles. The molecule has 2 N–H and O–H groups in total. The van der Waals surface area contributed by atoms with Crippen LogP contribution in [0.4, 0.5) is 4.39 Å². The molecule has 0 amide bonds.